The maximum Gasteiger partial charge on any atom is 0.117 e. The molecule has 0 aromatic carbocycles. The highest BCUT2D eigenvalue weighted by atomic mass is 79.9. The zero-order chi connectivity index (χ0) is 6.08. The average molecular weight is 169 g/mol. The highest BCUT2D eigenvalue weighted by Gasteiger charge is 2.21. The molecule has 0 saturated heterocycles. The predicted octanol–water partition coefficient (Wildman–Crippen LogP) is 2.52. The van der Waals surface area contributed by atoms with E-state index >= 15 is 0 Å². The molecule has 0 spiro atoms. The molecule has 2 heteroatoms. The third-order valence-corrected chi connectivity index (χ3v) is 2.03. The summed E-state index contributed by atoms with van der Waals surface area (Å²) in [5.74, 6) is 0. The molecule has 0 aromatic heterocycles. The lowest BCUT2D eigenvalue weighted by Crippen LogP contribution is -2.22. The van der Waals surface area contributed by atoms with Gasteiger partial charge in [0.25, 0.3) is 0 Å². The highest BCUT2D eigenvalue weighted by molar-refractivity contribution is 9.09. The summed E-state index contributed by atoms with van der Waals surface area (Å²) >= 11 is 3.12. The molecule has 0 rings (SSSR count). The summed E-state index contributed by atoms with van der Waals surface area (Å²) in [5.41, 5.74) is -1.08. The Labute approximate surface area is 52.2 Å². The van der Waals surface area contributed by atoms with Crippen molar-refractivity contribution in [2.75, 3.05) is 0 Å². The van der Waals surface area contributed by atoms with E-state index in [1.807, 2.05) is 0 Å². The van der Waals surface area contributed by atoms with Gasteiger partial charge in [0.15, 0.2) is 0 Å². The molecule has 7 heavy (non-hydrogen) atoms. The van der Waals surface area contributed by atoms with Gasteiger partial charge in [0.1, 0.15) is 5.67 Å². The first-order valence-electron chi connectivity index (χ1n) is 2.27. The predicted molar refractivity (Wildman–Crippen MR) is 33.6 cm³/mol. The van der Waals surface area contributed by atoms with E-state index in [0.29, 0.717) is 0 Å². The van der Waals surface area contributed by atoms with Crippen molar-refractivity contribution in [3.63, 3.8) is 0 Å². The lowest BCUT2D eigenvalue weighted by atomic mass is 10.1. The van der Waals surface area contributed by atoms with Gasteiger partial charge < -0.3 is 0 Å². The molecule has 0 radical (unpaired) electrons. The van der Waals surface area contributed by atoms with E-state index in [1.54, 1.807) is 20.8 Å². The molecule has 44 valence electrons. The molecule has 0 amide bonds. The standard InChI is InChI=1S/C5H10BrF/c1-4(6)5(2,3)7/h4H,1-3H3. The lowest BCUT2D eigenvalue weighted by molar-refractivity contribution is 0.221. The van der Waals surface area contributed by atoms with Crippen molar-refractivity contribution in [2.24, 2.45) is 0 Å². The Bertz CT molecular complexity index is 53.6. The van der Waals surface area contributed by atoms with Crippen molar-refractivity contribution in [2.45, 2.75) is 31.3 Å². The minimum Gasteiger partial charge on any atom is -0.243 e. The topological polar surface area (TPSA) is 0 Å². The SMILES string of the molecule is CC(Br)C(C)(C)F. The first kappa shape index (κ1) is 7.41. The van der Waals surface area contributed by atoms with Gasteiger partial charge in [0.05, 0.1) is 0 Å². The van der Waals surface area contributed by atoms with Crippen molar-refractivity contribution >= 4 is 15.9 Å². The minimum absolute atomic E-state index is 0.0556. The summed E-state index contributed by atoms with van der Waals surface area (Å²) in [6.07, 6.45) is 0. The van der Waals surface area contributed by atoms with E-state index < -0.39 is 5.67 Å². The van der Waals surface area contributed by atoms with Gasteiger partial charge in [-0.1, -0.05) is 15.9 Å². The molecule has 0 saturated carbocycles. The van der Waals surface area contributed by atoms with Crippen LogP contribution in [0.3, 0.4) is 0 Å². The molecular weight excluding hydrogens is 159 g/mol. The van der Waals surface area contributed by atoms with Crippen molar-refractivity contribution in [3.8, 4) is 0 Å². The zero-order valence-corrected chi connectivity index (χ0v) is 6.42. The van der Waals surface area contributed by atoms with Gasteiger partial charge in [0.2, 0.25) is 0 Å². The van der Waals surface area contributed by atoms with E-state index in [1.165, 1.54) is 0 Å². The van der Waals surface area contributed by atoms with Gasteiger partial charge in [-0.25, -0.2) is 4.39 Å². The van der Waals surface area contributed by atoms with Crippen molar-refractivity contribution in [1.82, 2.24) is 0 Å². The zero-order valence-electron chi connectivity index (χ0n) is 4.83. The van der Waals surface area contributed by atoms with Gasteiger partial charge in [-0.15, -0.1) is 0 Å². The molecule has 0 aliphatic rings. The van der Waals surface area contributed by atoms with Crippen molar-refractivity contribution in [3.05, 3.63) is 0 Å². The molecule has 1 unspecified atom stereocenters. The summed E-state index contributed by atoms with van der Waals surface area (Å²) in [6.45, 7) is 4.89. The second-order valence-electron chi connectivity index (χ2n) is 2.18. The summed E-state index contributed by atoms with van der Waals surface area (Å²) in [4.78, 5) is -0.0556. The van der Waals surface area contributed by atoms with Gasteiger partial charge in [-0.3, -0.25) is 0 Å². The maximum atomic E-state index is 12.5. The fraction of sp³-hybridized carbons (Fsp3) is 1.00. The van der Waals surface area contributed by atoms with E-state index in [2.05, 4.69) is 15.9 Å². The van der Waals surface area contributed by atoms with Gasteiger partial charge in [-0.05, 0) is 20.8 Å². The molecule has 0 nitrogen and oxygen atoms in total. The minimum atomic E-state index is -1.08. The number of rotatable bonds is 1. The number of hydrogen-bond acceptors (Lipinski definition) is 0. The Kier molecular flexibility index (Phi) is 2.24. The highest BCUT2D eigenvalue weighted by Crippen LogP contribution is 2.20. The Hall–Kier alpha value is 0.410. The van der Waals surface area contributed by atoms with Crippen LogP contribution in [0, 0.1) is 0 Å². The lowest BCUT2D eigenvalue weighted by Gasteiger charge is -2.15. The third-order valence-electron chi connectivity index (χ3n) is 0.946. The number of hydrogen-bond donors (Lipinski definition) is 0. The fourth-order valence-electron chi connectivity index (χ4n) is 0. The van der Waals surface area contributed by atoms with E-state index in [0.717, 1.165) is 0 Å². The monoisotopic (exact) mass is 168 g/mol. The molecule has 0 heterocycles. The first-order chi connectivity index (χ1) is 2.94. The van der Waals surface area contributed by atoms with Crippen LogP contribution in [-0.2, 0) is 0 Å². The summed E-state index contributed by atoms with van der Waals surface area (Å²) < 4.78 is 12.5. The quantitative estimate of drug-likeness (QED) is 0.529. The second-order valence-corrected chi connectivity index (χ2v) is 3.55. The maximum absolute atomic E-state index is 12.5. The van der Waals surface area contributed by atoms with Gasteiger partial charge >= 0.3 is 0 Å². The van der Waals surface area contributed by atoms with Crippen LogP contribution >= 0.6 is 15.9 Å². The van der Waals surface area contributed by atoms with Crippen LogP contribution in [0.25, 0.3) is 0 Å². The largest absolute Gasteiger partial charge is 0.243 e. The molecule has 0 fully saturated rings. The summed E-state index contributed by atoms with van der Waals surface area (Å²) in [7, 11) is 0. The van der Waals surface area contributed by atoms with Crippen molar-refractivity contribution < 1.29 is 4.39 Å². The second kappa shape index (κ2) is 2.12. The van der Waals surface area contributed by atoms with Gasteiger partial charge in [0, 0.05) is 4.83 Å². The normalized spacial score (nSPS) is 16.7. The van der Waals surface area contributed by atoms with Crippen LogP contribution in [0.15, 0.2) is 0 Å². The average Bonchev–Trinajstić information content (AvgIpc) is 1.31. The van der Waals surface area contributed by atoms with E-state index in [-0.39, 0.29) is 4.83 Å². The Morgan fingerprint density at radius 1 is 1.57 bits per heavy atom. The van der Waals surface area contributed by atoms with Crippen LogP contribution in [0.2, 0.25) is 0 Å². The molecule has 0 aliphatic heterocycles. The van der Waals surface area contributed by atoms with Crippen LogP contribution in [-0.4, -0.2) is 10.5 Å². The Balaban J connectivity index is 3.54. The summed E-state index contributed by atoms with van der Waals surface area (Å²) in [6, 6.07) is 0. The van der Waals surface area contributed by atoms with E-state index in [4.69, 9.17) is 0 Å². The third kappa shape index (κ3) is 3.03. The molecule has 0 aliphatic carbocycles. The van der Waals surface area contributed by atoms with Crippen LogP contribution in [0.4, 0.5) is 4.39 Å². The number of halogens is 2. The molecular formula is C5H10BrF. The molecule has 1 atom stereocenters. The Morgan fingerprint density at radius 2 is 1.71 bits per heavy atom. The van der Waals surface area contributed by atoms with Crippen molar-refractivity contribution in [1.29, 1.82) is 0 Å². The fourth-order valence-corrected chi connectivity index (χ4v) is 0. The van der Waals surface area contributed by atoms with Gasteiger partial charge in [-0.2, -0.15) is 0 Å². The molecule has 0 N–H and O–H groups in total. The first-order valence-corrected chi connectivity index (χ1v) is 3.19. The molecule has 0 aromatic rings. The van der Waals surface area contributed by atoms with Crippen LogP contribution in [0.5, 0.6) is 0 Å². The Morgan fingerprint density at radius 3 is 1.71 bits per heavy atom. The number of alkyl halides is 2. The van der Waals surface area contributed by atoms with Crippen LogP contribution < -0.4 is 0 Å². The molecule has 0 bridgehead atoms. The summed E-state index contributed by atoms with van der Waals surface area (Å²) in [5, 5.41) is 0. The van der Waals surface area contributed by atoms with Crippen LogP contribution in [0.1, 0.15) is 20.8 Å². The van der Waals surface area contributed by atoms with E-state index in [9.17, 15) is 4.39 Å². The smallest absolute Gasteiger partial charge is 0.117 e.